The fourth-order valence-electron chi connectivity index (χ4n) is 2.57. The lowest BCUT2D eigenvalue weighted by molar-refractivity contribution is -0.137. The van der Waals surface area contributed by atoms with Crippen LogP contribution >= 0.6 is 0 Å². The summed E-state index contributed by atoms with van der Waals surface area (Å²) in [5, 5.41) is 0. The molecule has 0 spiro atoms. The van der Waals surface area contributed by atoms with Gasteiger partial charge in [-0.3, -0.25) is 4.79 Å². The summed E-state index contributed by atoms with van der Waals surface area (Å²) in [5.74, 6) is 0.0708. The Hall–Kier alpha value is -2.32. The van der Waals surface area contributed by atoms with Crippen LogP contribution in [-0.4, -0.2) is 75.0 Å². The van der Waals surface area contributed by atoms with Crippen molar-refractivity contribution in [3.8, 4) is 11.3 Å². The third kappa shape index (κ3) is 6.10. The second-order valence-corrected chi connectivity index (χ2v) is 7.14. The minimum atomic E-state index is -4.43. The zero-order valence-corrected chi connectivity index (χ0v) is 16.6. The minimum Gasteiger partial charge on any atom is -0.451 e. The van der Waals surface area contributed by atoms with Gasteiger partial charge in [0.25, 0.3) is 5.91 Å². The molecule has 0 aliphatic rings. The van der Waals surface area contributed by atoms with E-state index in [9.17, 15) is 18.0 Å². The molecule has 0 atom stereocenters. The van der Waals surface area contributed by atoms with Crippen LogP contribution in [0.15, 0.2) is 40.8 Å². The van der Waals surface area contributed by atoms with Crippen molar-refractivity contribution in [2.45, 2.75) is 6.18 Å². The van der Waals surface area contributed by atoms with Crippen LogP contribution in [0.1, 0.15) is 16.1 Å². The first-order valence-electron chi connectivity index (χ1n) is 8.94. The smallest absolute Gasteiger partial charge is 0.416 e. The first-order valence-corrected chi connectivity index (χ1v) is 8.94. The molecular weight excluding hydrogens is 371 g/mol. The molecule has 0 saturated carbocycles. The van der Waals surface area contributed by atoms with Crippen LogP contribution in [0.2, 0.25) is 0 Å². The Labute approximate surface area is 163 Å². The highest BCUT2D eigenvalue weighted by atomic mass is 19.4. The van der Waals surface area contributed by atoms with Crippen molar-refractivity contribution in [1.29, 1.82) is 0 Å². The number of hydrogen-bond acceptors (Lipinski definition) is 4. The van der Waals surface area contributed by atoms with Crippen molar-refractivity contribution >= 4 is 5.91 Å². The van der Waals surface area contributed by atoms with E-state index < -0.39 is 11.7 Å². The minimum absolute atomic E-state index is 0.116. The Balaban J connectivity index is 2.21. The van der Waals surface area contributed by atoms with Gasteiger partial charge in [-0.05, 0) is 52.5 Å². The zero-order valence-electron chi connectivity index (χ0n) is 16.6. The molecule has 0 unspecified atom stereocenters. The molecule has 28 heavy (non-hydrogen) atoms. The van der Waals surface area contributed by atoms with Crippen LogP contribution in [0.25, 0.3) is 11.3 Å². The number of nitrogens with zero attached hydrogens (tertiary/aromatic N) is 3. The van der Waals surface area contributed by atoms with Gasteiger partial charge in [0.05, 0.1) is 5.56 Å². The van der Waals surface area contributed by atoms with Crippen LogP contribution < -0.4 is 0 Å². The largest absolute Gasteiger partial charge is 0.451 e. The van der Waals surface area contributed by atoms with Crippen molar-refractivity contribution in [3.63, 3.8) is 0 Å². The van der Waals surface area contributed by atoms with Gasteiger partial charge in [0.1, 0.15) is 5.76 Å². The van der Waals surface area contributed by atoms with E-state index in [1.54, 1.807) is 4.90 Å². The van der Waals surface area contributed by atoms with Crippen LogP contribution in [0.5, 0.6) is 0 Å². The Morgan fingerprint density at radius 3 is 2.07 bits per heavy atom. The molecule has 2 rings (SSSR count). The second-order valence-electron chi connectivity index (χ2n) is 7.14. The summed E-state index contributed by atoms with van der Waals surface area (Å²) in [6.07, 6.45) is -4.43. The number of amides is 1. The molecule has 0 aliphatic heterocycles. The maximum absolute atomic E-state index is 12.9. The van der Waals surface area contributed by atoms with E-state index in [0.29, 0.717) is 26.2 Å². The molecule has 8 heteroatoms. The molecular formula is C20H26F3N3O2. The van der Waals surface area contributed by atoms with E-state index >= 15 is 0 Å². The highest BCUT2D eigenvalue weighted by molar-refractivity contribution is 5.92. The summed E-state index contributed by atoms with van der Waals surface area (Å²) < 4.78 is 44.4. The topological polar surface area (TPSA) is 39.9 Å². The first kappa shape index (κ1) is 22.0. The molecule has 0 bridgehead atoms. The molecule has 0 radical (unpaired) electrons. The molecule has 0 aliphatic carbocycles. The number of hydrogen-bond donors (Lipinski definition) is 0. The molecule has 154 valence electrons. The summed E-state index contributed by atoms with van der Waals surface area (Å²) in [5.41, 5.74) is -0.477. The van der Waals surface area contributed by atoms with Crippen LogP contribution in [-0.2, 0) is 6.18 Å². The molecule has 5 nitrogen and oxygen atoms in total. The molecule has 0 N–H and O–H groups in total. The maximum Gasteiger partial charge on any atom is 0.416 e. The molecule has 1 heterocycles. The van der Waals surface area contributed by atoms with E-state index in [-0.39, 0.29) is 23.0 Å². The van der Waals surface area contributed by atoms with E-state index in [1.807, 2.05) is 38.0 Å². The summed E-state index contributed by atoms with van der Waals surface area (Å²) in [6, 6.07) is 7.90. The van der Waals surface area contributed by atoms with Gasteiger partial charge in [-0.1, -0.05) is 12.1 Å². The molecule has 0 fully saturated rings. The number of halogens is 3. The zero-order chi connectivity index (χ0) is 20.9. The Kier molecular flexibility index (Phi) is 7.26. The van der Waals surface area contributed by atoms with E-state index in [0.717, 1.165) is 12.1 Å². The number of likely N-dealkylation sites (N-methyl/N-ethyl adjacent to an activating group) is 2. The Bertz CT molecular complexity index is 773. The number of carbonyl (C=O) groups is 1. The SMILES string of the molecule is CN(C)CCN(CCN(C)C)C(=O)c1ccc(-c2cccc(C(F)(F)F)c2)o1. The van der Waals surface area contributed by atoms with Gasteiger partial charge in [-0.15, -0.1) is 0 Å². The summed E-state index contributed by atoms with van der Waals surface area (Å²) in [7, 11) is 7.70. The number of carbonyl (C=O) groups excluding carboxylic acids is 1. The fraction of sp³-hybridized carbons (Fsp3) is 0.450. The quantitative estimate of drug-likeness (QED) is 0.683. The van der Waals surface area contributed by atoms with Crippen molar-refractivity contribution in [2.75, 3.05) is 54.4 Å². The number of rotatable bonds is 8. The molecule has 0 saturated heterocycles. The van der Waals surface area contributed by atoms with E-state index in [1.165, 1.54) is 24.3 Å². The lowest BCUT2D eigenvalue weighted by Gasteiger charge is -2.25. The van der Waals surface area contributed by atoms with Crippen molar-refractivity contribution in [3.05, 3.63) is 47.7 Å². The third-order valence-electron chi connectivity index (χ3n) is 4.21. The number of furan rings is 1. The molecule has 2 aromatic rings. The van der Waals surface area contributed by atoms with Gasteiger partial charge >= 0.3 is 6.18 Å². The van der Waals surface area contributed by atoms with Crippen LogP contribution in [0.4, 0.5) is 13.2 Å². The standard InChI is InChI=1S/C20H26F3N3O2/c1-24(2)10-12-26(13-11-25(3)4)19(27)18-9-8-17(28-18)15-6-5-7-16(14-15)20(21,22)23/h5-9,14H,10-13H2,1-4H3. The summed E-state index contributed by atoms with van der Waals surface area (Å²) >= 11 is 0. The second kappa shape index (κ2) is 9.25. The van der Waals surface area contributed by atoms with Gasteiger partial charge in [0.15, 0.2) is 5.76 Å². The van der Waals surface area contributed by atoms with E-state index in [4.69, 9.17) is 4.42 Å². The third-order valence-corrected chi connectivity index (χ3v) is 4.21. The molecule has 1 amide bonds. The summed E-state index contributed by atoms with van der Waals surface area (Å²) in [6.45, 7) is 2.44. The fourth-order valence-corrected chi connectivity index (χ4v) is 2.57. The van der Waals surface area contributed by atoms with Crippen LogP contribution in [0.3, 0.4) is 0 Å². The lowest BCUT2D eigenvalue weighted by Crippen LogP contribution is -2.40. The van der Waals surface area contributed by atoms with Gasteiger partial charge < -0.3 is 19.1 Å². The number of benzene rings is 1. The monoisotopic (exact) mass is 397 g/mol. The highest BCUT2D eigenvalue weighted by Gasteiger charge is 2.30. The predicted molar refractivity (Wildman–Crippen MR) is 102 cm³/mol. The molecule has 1 aromatic carbocycles. The Morgan fingerprint density at radius 1 is 0.929 bits per heavy atom. The average molecular weight is 397 g/mol. The van der Waals surface area contributed by atoms with Gasteiger partial charge in [-0.2, -0.15) is 13.2 Å². The predicted octanol–water partition coefficient (Wildman–Crippen LogP) is 3.53. The normalized spacial score (nSPS) is 12.0. The summed E-state index contributed by atoms with van der Waals surface area (Å²) in [4.78, 5) is 18.5. The lowest BCUT2D eigenvalue weighted by atomic mass is 10.1. The molecule has 1 aromatic heterocycles. The van der Waals surface area contributed by atoms with Gasteiger partial charge in [0, 0.05) is 31.7 Å². The maximum atomic E-state index is 12.9. The van der Waals surface area contributed by atoms with Crippen LogP contribution in [0, 0.1) is 0 Å². The average Bonchev–Trinajstić information content (AvgIpc) is 3.10. The highest BCUT2D eigenvalue weighted by Crippen LogP contribution is 2.32. The van der Waals surface area contributed by atoms with Crippen molar-refractivity contribution in [1.82, 2.24) is 14.7 Å². The van der Waals surface area contributed by atoms with Gasteiger partial charge in [-0.25, -0.2) is 0 Å². The Morgan fingerprint density at radius 2 is 1.54 bits per heavy atom. The first-order chi connectivity index (χ1) is 13.1. The van der Waals surface area contributed by atoms with Crippen molar-refractivity contribution < 1.29 is 22.4 Å². The van der Waals surface area contributed by atoms with E-state index in [2.05, 4.69) is 0 Å². The van der Waals surface area contributed by atoms with Gasteiger partial charge in [0.2, 0.25) is 0 Å². The van der Waals surface area contributed by atoms with Crippen molar-refractivity contribution in [2.24, 2.45) is 0 Å². The number of alkyl halides is 3.